The minimum Gasteiger partial charge on any atom is -0.487 e. The molecule has 2 heterocycles. The summed E-state index contributed by atoms with van der Waals surface area (Å²) in [7, 11) is -3.59. The Labute approximate surface area is 174 Å². The average Bonchev–Trinajstić information content (AvgIpc) is 2.93. The number of hydrogen-bond acceptors (Lipinski definition) is 4. The standard InChI is InChI=1S/C23H30N2O3S/c1-18(2)16-25-20-12-14-24(17-19-8-4-3-5-9-19)15-13-21(20)28-22-10-6-7-11-23(22)29(25,26)27/h3-11,18,20-21H,12-17H2,1-2H3/t20-,21-/m0/s1. The summed E-state index contributed by atoms with van der Waals surface area (Å²) in [6, 6.07) is 17.4. The van der Waals surface area contributed by atoms with Crippen LogP contribution in [0.1, 0.15) is 32.3 Å². The van der Waals surface area contributed by atoms with Crippen LogP contribution in [0.4, 0.5) is 0 Å². The topological polar surface area (TPSA) is 49.9 Å². The van der Waals surface area contributed by atoms with Gasteiger partial charge in [0.1, 0.15) is 16.7 Å². The second kappa shape index (κ2) is 8.46. The van der Waals surface area contributed by atoms with E-state index in [1.807, 2.05) is 12.1 Å². The zero-order valence-electron chi connectivity index (χ0n) is 17.2. The van der Waals surface area contributed by atoms with Crippen molar-refractivity contribution in [3.05, 3.63) is 60.2 Å². The van der Waals surface area contributed by atoms with Crippen molar-refractivity contribution >= 4 is 10.0 Å². The highest BCUT2D eigenvalue weighted by molar-refractivity contribution is 7.89. The summed E-state index contributed by atoms with van der Waals surface area (Å²) < 4.78 is 35.1. The van der Waals surface area contributed by atoms with E-state index >= 15 is 0 Å². The van der Waals surface area contributed by atoms with Crippen molar-refractivity contribution in [2.24, 2.45) is 5.92 Å². The molecular weight excluding hydrogens is 384 g/mol. The Kier molecular flexibility index (Phi) is 5.95. The van der Waals surface area contributed by atoms with Gasteiger partial charge >= 0.3 is 0 Å². The van der Waals surface area contributed by atoms with Crippen LogP contribution >= 0.6 is 0 Å². The molecule has 0 bridgehead atoms. The molecule has 5 nitrogen and oxygen atoms in total. The van der Waals surface area contributed by atoms with Crippen molar-refractivity contribution in [3.8, 4) is 5.75 Å². The number of ether oxygens (including phenoxy) is 1. The molecule has 2 atom stereocenters. The predicted molar refractivity (Wildman–Crippen MR) is 114 cm³/mol. The molecule has 0 unspecified atom stereocenters. The van der Waals surface area contributed by atoms with Gasteiger partial charge in [-0.05, 0) is 36.5 Å². The van der Waals surface area contributed by atoms with E-state index < -0.39 is 10.0 Å². The van der Waals surface area contributed by atoms with Crippen molar-refractivity contribution in [2.45, 2.75) is 50.3 Å². The van der Waals surface area contributed by atoms with E-state index in [0.717, 1.165) is 32.5 Å². The Bertz CT molecular complexity index is 930. The van der Waals surface area contributed by atoms with Crippen LogP contribution in [-0.2, 0) is 16.6 Å². The molecule has 1 fully saturated rings. The molecule has 6 heteroatoms. The number of rotatable bonds is 4. The van der Waals surface area contributed by atoms with Crippen LogP contribution in [0.5, 0.6) is 5.75 Å². The Hall–Kier alpha value is -1.89. The van der Waals surface area contributed by atoms with Gasteiger partial charge in [-0.1, -0.05) is 56.3 Å². The molecule has 0 aliphatic carbocycles. The maximum atomic E-state index is 13.5. The summed E-state index contributed by atoms with van der Waals surface area (Å²) in [4.78, 5) is 2.72. The molecule has 29 heavy (non-hydrogen) atoms. The highest BCUT2D eigenvalue weighted by Gasteiger charge is 2.43. The smallest absolute Gasteiger partial charge is 0.247 e. The highest BCUT2D eigenvalue weighted by atomic mass is 32.2. The second-order valence-corrected chi connectivity index (χ2v) is 10.3. The summed E-state index contributed by atoms with van der Waals surface area (Å²) in [6.45, 7) is 7.29. The molecule has 0 aromatic heterocycles. The Balaban J connectivity index is 1.63. The number of sulfonamides is 1. The minimum atomic E-state index is -3.59. The van der Waals surface area contributed by atoms with Crippen LogP contribution in [0.2, 0.25) is 0 Å². The molecule has 2 aliphatic rings. The van der Waals surface area contributed by atoms with Gasteiger partial charge in [0.05, 0.1) is 6.04 Å². The molecule has 2 aromatic rings. The molecule has 156 valence electrons. The van der Waals surface area contributed by atoms with Gasteiger partial charge in [0, 0.05) is 26.2 Å². The SMILES string of the molecule is CC(C)CN1[C@H]2CCN(Cc3ccccc3)CC[C@@H]2Oc2ccccc2S1(=O)=O. The van der Waals surface area contributed by atoms with Crippen molar-refractivity contribution in [2.75, 3.05) is 19.6 Å². The van der Waals surface area contributed by atoms with Gasteiger partial charge in [-0.15, -0.1) is 0 Å². The zero-order valence-corrected chi connectivity index (χ0v) is 18.0. The highest BCUT2D eigenvalue weighted by Crippen LogP contribution is 2.36. The van der Waals surface area contributed by atoms with Gasteiger partial charge in [0.2, 0.25) is 10.0 Å². The summed E-state index contributed by atoms with van der Waals surface area (Å²) in [5.74, 6) is 0.740. The molecule has 0 amide bonds. The lowest BCUT2D eigenvalue weighted by Gasteiger charge is -2.32. The lowest BCUT2D eigenvalue weighted by Crippen LogP contribution is -2.48. The van der Waals surface area contributed by atoms with Gasteiger partial charge in [0.25, 0.3) is 0 Å². The molecule has 2 aliphatic heterocycles. The molecule has 0 radical (unpaired) electrons. The van der Waals surface area contributed by atoms with Crippen LogP contribution in [0, 0.1) is 5.92 Å². The first kappa shape index (κ1) is 20.4. The Morgan fingerprint density at radius 3 is 2.45 bits per heavy atom. The monoisotopic (exact) mass is 414 g/mol. The summed E-state index contributed by atoms with van der Waals surface area (Å²) in [5, 5.41) is 0. The first-order valence-corrected chi connectivity index (χ1v) is 11.9. The third-order valence-electron chi connectivity index (χ3n) is 5.78. The number of para-hydroxylation sites is 1. The van der Waals surface area contributed by atoms with Crippen LogP contribution in [0.15, 0.2) is 59.5 Å². The largest absolute Gasteiger partial charge is 0.487 e. The van der Waals surface area contributed by atoms with Crippen LogP contribution in [0.3, 0.4) is 0 Å². The van der Waals surface area contributed by atoms with Crippen molar-refractivity contribution in [1.82, 2.24) is 9.21 Å². The third-order valence-corrected chi connectivity index (χ3v) is 7.71. The number of fused-ring (bicyclic) bond motifs is 2. The van der Waals surface area contributed by atoms with Crippen molar-refractivity contribution in [3.63, 3.8) is 0 Å². The van der Waals surface area contributed by atoms with Crippen molar-refractivity contribution < 1.29 is 13.2 Å². The molecule has 4 rings (SSSR count). The Morgan fingerprint density at radius 1 is 1.00 bits per heavy atom. The summed E-state index contributed by atoms with van der Waals surface area (Å²) in [5.41, 5.74) is 1.28. The fourth-order valence-corrected chi connectivity index (χ4v) is 6.37. The maximum absolute atomic E-state index is 13.5. The predicted octanol–water partition coefficient (Wildman–Crippen LogP) is 3.76. The minimum absolute atomic E-state index is 0.132. The van der Waals surface area contributed by atoms with E-state index in [9.17, 15) is 8.42 Å². The normalized spacial score (nSPS) is 24.8. The van der Waals surface area contributed by atoms with Gasteiger partial charge < -0.3 is 4.74 Å². The number of benzene rings is 2. The first-order valence-electron chi connectivity index (χ1n) is 10.5. The van der Waals surface area contributed by atoms with Crippen LogP contribution in [-0.4, -0.2) is 49.4 Å². The van der Waals surface area contributed by atoms with E-state index in [-0.39, 0.29) is 18.1 Å². The van der Waals surface area contributed by atoms with E-state index in [0.29, 0.717) is 17.2 Å². The fourth-order valence-electron chi connectivity index (χ4n) is 4.40. The van der Waals surface area contributed by atoms with E-state index in [2.05, 4.69) is 43.0 Å². The first-order chi connectivity index (χ1) is 13.9. The zero-order chi connectivity index (χ0) is 20.4. The number of likely N-dealkylation sites (tertiary alicyclic amines) is 1. The van der Waals surface area contributed by atoms with Gasteiger partial charge in [0.15, 0.2) is 0 Å². The average molecular weight is 415 g/mol. The lowest BCUT2D eigenvalue weighted by atomic mass is 10.0. The quantitative estimate of drug-likeness (QED) is 0.764. The third kappa shape index (κ3) is 4.34. The second-order valence-electron chi connectivity index (χ2n) is 8.48. The molecule has 1 saturated heterocycles. The van der Waals surface area contributed by atoms with Gasteiger partial charge in [-0.25, -0.2) is 8.42 Å². The van der Waals surface area contributed by atoms with E-state index in [4.69, 9.17) is 4.74 Å². The van der Waals surface area contributed by atoms with Crippen LogP contribution in [0.25, 0.3) is 0 Å². The maximum Gasteiger partial charge on any atom is 0.247 e. The molecule has 0 saturated carbocycles. The van der Waals surface area contributed by atoms with Gasteiger partial charge in [-0.2, -0.15) is 4.31 Å². The summed E-state index contributed by atoms with van der Waals surface area (Å²) >= 11 is 0. The fraction of sp³-hybridized carbons (Fsp3) is 0.478. The molecular formula is C23H30N2O3S. The van der Waals surface area contributed by atoms with E-state index in [1.54, 1.807) is 22.5 Å². The molecule has 0 N–H and O–H groups in total. The Morgan fingerprint density at radius 2 is 1.69 bits per heavy atom. The van der Waals surface area contributed by atoms with Gasteiger partial charge in [-0.3, -0.25) is 4.90 Å². The molecule has 2 aromatic carbocycles. The van der Waals surface area contributed by atoms with Crippen molar-refractivity contribution in [1.29, 1.82) is 0 Å². The number of hydrogen-bond donors (Lipinski definition) is 0. The van der Waals surface area contributed by atoms with Crippen LogP contribution < -0.4 is 4.74 Å². The summed E-state index contributed by atoms with van der Waals surface area (Å²) in [6.07, 6.45) is 1.46. The number of nitrogens with zero attached hydrogens (tertiary/aromatic N) is 2. The van der Waals surface area contributed by atoms with E-state index in [1.165, 1.54) is 5.56 Å². The molecule has 0 spiro atoms. The lowest BCUT2D eigenvalue weighted by molar-refractivity contribution is 0.108.